The van der Waals surface area contributed by atoms with Crippen LogP contribution in [0, 0.1) is 0 Å². The molecular weight excluding hydrogens is 310 g/mol. The van der Waals surface area contributed by atoms with E-state index in [1.54, 1.807) is 24.5 Å². The number of nitrogens with zero attached hydrogens (tertiary/aromatic N) is 2. The molecule has 1 heterocycles. The van der Waals surface area contributed by atoms with E-state index in [4.69, 9.17) is 0 Å². The summed E-state index contributed by atoms with van der Waals surface area (Å²) >= 11 is 0. The van der Waals surface area contributed by atoms with Gasteiger partial charge in [0.05, 0.1) is 12.9 Å². The normalized spacial score (nSPS) is 18.8. The van der Waals surface area contributed by atoms with Gasteiger partial charge < -0.3 is 20.9 Å². The van der Waals surface area contributed by atoms with E-state index in [0.717, 1.165) is 6.42 Å². The molecule has 1 aliphatic rings. The summed E-state index contributed by atoms with van der Waals surface area (Å²) in [6.45, 7) is 3.84. The molecule has 1 rings (SSSR count). The van der Waals surface area contributed by atoms with Crippen LogP contribution < -0.4 is 16.0 Å². The Balaban J connectivity index is 2.28. The number of nitrogens with one attached hydrogen (secondary N) is 3. The molecule has 0 aromatic heterocycles. The van der Waals surface area contributed by atoms with Crippen LogP contribution in [0.15, 0.2) is 17.3 Å². The number of hydrogen-bond acceptors (Lipinski definition) is 4. The molecule has 1 saturated heterocycles. The third-order valence-corrected chi connectivity index (χ3v) is 3.70. The number of hydrogen-bond donors (Lipinski definition) is 3. The zero-order valence-corrected chi connectivity index (χ0v) is 14.5. The Labute approximate surface area is 142 Å². The summed E-state index contributed by atoms with van der Waals surface area (Å²) < 4.78 is 0. The third kappa shape index (κ3) is 6.80. The molecule has 1 aliphatic heterocycles. The topological polar surface area (TPSA) is 103 Å². The molecule has 2 unspecified atom stereocenters. The van der Waals surface area contributed by atoms with Gasteiger partial charge in [-0.25, -0.2) is 0 Å². The van der Waals surface area contributed by atoms with Crippen LogP contribution >= 0.6 is 0 Å². The maximum absolute atomic E-state index is 12.1. The van der Waals surface area contributed by atoms with Gasteiger partial charge in [0, 0.05) is 26.6 Å². The third-order valence-electron chi connectivity index (χ3n) is 3.70. The molecule has 0 bridgehead atoms. The van der Waals surface area contributed by atoms with Crippen molar-refractivity contribution >= 4 is 24.1 Å². The fourth-order valence-electron chi connectivity index (χ4n) is 2.54. The number of carbonyl (C=O) groups excluding carboxylic acids is 3. The van der Waals surface area contributed by atoms with E-state index < -0.39 is 6.04 Å². The average Bonchev–Trinajstić information content (AvgIpc) is 3.02. The average molecular weight is 337 g/mol. The fourth-order valence-corrected chi connectivity index (χ4v) is 2.54. The Morgan fingerprint density at radius 2 is 2.12 bits per heavy atom. The summed E-state index contributed by atoms with van der Waals surface area (Å²) in [5, 5.41) is 8.26. The molecule has 8 nitrogen and oxygen atoms in total. The van der Waals surface area contributed by atoms with E-state index in [9.17, 15) is 14.4 Å². The Morgan fingerprint density at radius 1 is 1.38 bits per heavy atom. The van der Waals surface area contributed by atoms with Gasteiger partial charge >= 0.3 is 0 Å². The molecule has 0 aromatic carbocycles. The molecule has 2 atom stereocenters. The van der Waals surface area contributed by atoms with Crippen LogP contribution in [-0.2, 0) is 14.4 Å². The van der Waals surface area contributed by atoms with E-state index in [0.29, 0.717) is 19.4 Å². The van der Waals surface area contributed by atoms with Crippen LogP contribution in [0.2, 0.25) is 0 Å². The van der Waals surface area contributed by atoms with E-state index in [1.165, 1.54) is 6.92 Å². The molecule has 24 heavy (non-hydrogen) atoms. The summed E-state index contributed by atoms with van der Waals surface area (Å²) in [6, 6.07) is -0.506. The van der Waals surface area contributed by atoms with Crippen molar-refractivity contribution in [2.75, 3.05) is 20.1 Å². The van der Waals surface area contributed by atoms with Crippen molar-refractivity contribution in [3.8, 4) is 0 Å². The molecule has 8 heteroatoms. The second-order valence-corrected chi connectivity index (χ2v) is 5.75. The predicted octanol–water partition coefficient (Wildman–Crippen LogP) is -0.230. The molecule has 0 spiro atoms. The molecular formula is C16H27N5O3. The van der Waals surface area contributed by atoms with Gasteiger partial charge in [-0.1, -0.05) is 6.08 Å². The van der Waals surface area contributed by atoms with Crippen molar-refractivity contribution in [2.45, 2.75) is 45.2 Å². The van der Waals surface area contributed by atoms with Gasteiger partial charge in [0.2, 0.25) is 17.7 Å². The van der Waals surface area contributed by atoms with Crippen LogP contribution in [0.25, 0.3) is 0 Å². The summed E-state index contributed by atoms with van der Waals surface area (Å²) in [4.78, 5) is 40.7. The molecule has 134 valence electrons. The van der Waals surface area contributed by atoms with E-state index in [2.05, 4.69) is 20.9 Å². The molecule has 0 aliphatic carbocycles. The number of carbonyl (C=O) groups is 3. The van der Waals surface area contributed by atoms with Gasteiger partial charge in [0.1, 0.15) is 6.04 Å². The van der Waals surface area contributed by atoms with Gasteiger partial charge in [-0.15, -0.1) is 0 Å². The Morgan fingerprint density at radius 3 is 2.79 bits per heavy atom. The summed E-state index contributed by atoms with van der Waals surface area (Å²) in [7, 11) is 1.67. The molecule has 0 aromatic rings. The van der Waals surface area contributed by atoms with Gasteiger partial charge in [0.25, 0.3) is 0 Å². The lowest BCUT2D eigenvalue weighted by molar-refractivity contribution is -0.137. The highest BCUT2D eigenvalue weighted by atomic mass is 16.2. The van der Waals surface area contributed by atoms with Crippen molar-refractivity contribution < 1.29 is 14.4 Å². The predicted molar refractivity (Wildman–Crippen MR) is 92.3 cm³/mol. The molecule has 3 amide bonds. The van der Waals surface area contributed by atoms with Gasteiger partial charge in [-0.3, -0.25) is 19.4 Å². The maximum Gasteiger partial charge on any atom is 0.243 e. The lowest BCUT2D eigenvalue weighted by Gasteiger charge is -2.22. The van der Waals surface area contributed by atoms with Crippen LogP contribution in [0.1, 0.15) is 33.1 Å². The first kappa shape index (κ1) is 19.7. The number of aliphatic imine (C=N–C) groups is 1. The van der Waals surface area contributed by atoms with Crippen molar-refractivity contribution in [3.63, 3.8) is 0 Å². The first-order chi connectivity index (χ1) is 11.5. The Bertz CT molecular complexity index is 504. The monoisotopic (exact) mass is 337 g/mol. The standard InChI is InChI=1S/C16H27N5O3/c1-12(6-4-8-18-11-17-3)20-15(23)10-19-16(24)14-7-5-9-21(14)13(2)22/h4,8,11-12,14H,5-7,9-10H2,1-3H3,(H,17,18)(H,19,24)(H,20,23). The maximum atomic E-state index is 12.1. The number of amides is 3. The summed E-state index contributed by atoms with van der Waals surface area (Å²) in [6.07, 6.45) is 7.29. The van der Waals surface area contributed by atoms with Crippen LogP contribution in [-0.4, -0.2) is 61.2 Å². The van der Waals surface area contributed by atoms with Crippen LogP contribution in [0.5, 0.6) is 0 Å². The minimum Gasteiger partial charge on any atom is -0.353 e. The van der Waals surface area contributed by atoms with Crippen LogP contribution in [0.4, 0.5) is 0 Å². The Kier molecular flexibility index (Phi) is 8.53. The van der Waals surface area contributed by atoms with Gasteiger partial charge in [0.15, 0.2) is 0 Å². The van der Waals surface area contributed by atoms with Crippen molar-refractivity contribution in [3.05, 3.63) is 12.3 Å². The largest absolute Gasteiger partial charge is 0.353 e. The van der Waals surface area contributed by atoms with Crippen molar-refractivity contribution in [2.24, 2.45) is 4.99 Å². The zero-order valence-electron chi connectivity index (χ0n) is 14.5. The molecule has 0 radical (unpaired) electrons. The molecule has 3 N–H and O–H groups in total. The number of rotatable bonds is 8. The molecule has 0 saturated carbocycles. The lowest BCUT2D eigenvalue weighted by Crippen LogP contribution is -2.48. The first-order valence-corrected chi connectivity index (χ1v) is 8.11. The fraction of sp³-hybridized carbons (Fsp3) is 0.625. The number of likely N-dealkylation sites (tertiary alicyclic amines) is 1. The quantitative estimate of drug-likeness (QED) is 0.420. The second kappa shape index (κ2) is 10.4. The minimum atomic E-state index is -0.457. The SMILES string of the molecule is CN=CNC=CCC(C)NC(=O)CNC(=O)C1CCCN1C(C)=O. The lowest BCUT2D eigenvalue weighted by atomic mass is 10.2. The second-order valence-electron chi connectivity index (χ2n) is 5.75. The van der Waals surface area contributed by atoms with E-state index in [-0.39, 0.29) is 30.3 Å². The minimum absolute atomic E-state index is 0.0498. The van der Waals surface area contributed by atoms with Gasteiger partial charge in [-0.05, 0) is 32.4 Å². The smallest absolute Gasteiger partial charge is 0.243 e. The first-order valence-electron chi connectivity index (χ1n) is 8.11. The van der Waals surface area contributed by atoms with Gasteiger partial charge in [-0.2, -0.15) is 0 Å². The summed E-state index contributed by atoms with van der Waals surface area (Å²) in [5.41, 5.74) is 0. The summed E-state index contributed by atoms with van der Waals surface area (Å²) in [5.74, 6) is -0.632. The van der Waals surface area contributed by atoms with Crippen LogP contribution in [0.3, 0.4) is 0 Å². The van der Waals surface area contributed by atoms with E-state index in [1.807, 2.05) is 13.0 Å². The van der Waals surface area contributed by atoms with Crippen molar-refractivity contribution in [1.29, 1.82) is 0 Å². The van der Waals surface area contributed by atoms with Crippen molar-refractivity contribution in [1.82, 2.24) is 20.9 Å². The highest BCUT2D eigenvalue weighted by molar-refractivity contribution is 5.90. The zero-order chi connectivity index (χ0) is 17.9. The van der Waals surface area contributed by atoms with E-state index >= 15 is 0 Å². The highest BCUT2D eigenvalue weighted by Crippen LogP contribution is 2.17. The Hall–Kier alpha value is -2.38. The molecule has 1 fully saturated rings. The highest BCUT2D eigenvalue weighted by Gasteiger charge is 2.32.